The summed E-state index contributed by atoms with van der Waals surface area (Å²) in [5, 5.41) is 5.79. The van der Waals surface area contributed by atoms with Gasteiger partial charge in [0.05, 0.1) is 30.3 Å². The first-order chi connectivity index (χ1) is 15.9. The Morgan fingerprint density at radius 1 is 1.03 bits per heavy atom. The molecule has 0 bridgehead atoms. The van der Waals surface area contributed by atoms with E-state index < -0.39 is 23.8 Å². The second-order valence-electron chi connectivity index (χ2n) is 7.01. The molecule has 2 N–H and O–H groups in total. The molecule has 1 aromatic carbocycles. The van der Waals surface area contributed by atoms with Gasteiger partial charge in [-0.2, -0.15) is 13.2 Å². The molecule has 0 aliphatic heterocycles. The maximum atomic E-state index is 13.8. The van der Waals surface area contributed by atoms with Gasteiger partial charge in [-0.05, 0) is 42.0 Å². The molecule has 3 heterocycles. The van der Waals surface area contributed by atoms with Crippen molar-refractivity contribution in [3.8, 4) is 5.75 Å². The molecular weight excluding hydrogens is 435 g/mol. The molecule has 0 aliphatic carbocycles. The fraction of sp³-hybridized carbons (Fsp3) is 0.130. The van der Waals surface area contributed by atoms with Gasteiger partial charge in [-0.25, -0.2) is 4.79 Å². The van der Waals surface area contributed by atoms with Crippen LogP contribution in [0.1, 0.15) is 22.9 Å². The van der Waals surface area contributed by atoms with E-state index in [2.05, 4.69) is 25.6 Å². The SMILES string of the molecule is COc1cccc2cc(C(NC(=O)Nc3cccnc3)c3ncccc3C(F)(F)F)cnc12. The molecule has 33 heavy (non-hydrogen) atoms. The maximum absolute atomic E-state index is 13.8. The molecule has 3 aromatic heterocycles. The van der Waals surface area contributed by atoms with E-state index in [1.807, 2.05) is 0 Å². The number of aromatic nitrogens is 3. The molecule has 2 amide bonds. The average molecular weight is 453 g/mol. The lowest BCUT2D eigenvalue weighted by Gasteiger charge is -2.22. The first-order valence-electron chi connectivity index (χ1n) is 9.79. The number of alkyl halides is 3. The Balaban J connectivity index is 1.78. The largest absolute Gasteiger partial charge is 0.494 e. The van der Waals surface area contributed by atoms with Crippen LogP contribution >= 0.6 is 0 Å². The number of hydrogen-bond acceptors (Lipinski definition) is 5. The lowest BCUT2D eigenvalue weighted by molar-refractivity contribution is -0.138. The van der Waals surface area contributed by atoms with Crippen LogP contribution in [0.2, 0.25) is 0 Å². The quantitative estimate of drug-likeness (QED) is 0.446. The zero-order valence-corrected chi connectivity index (χ0v) is 17.3. The monoisotopic (exact) mass is 453 g/mol. The van der Waals surface area contributed by atoms with Crippen molar-refractivity contribution in [3.63, 3.8) is 0 Å². The Kier molecular flexibility index (Phi) is 6.07. The van der Waals surface area contributed by atoms with Crippen molar-refractivity contribution in [1.82, 2.24) is 20.3 Å². The van der Waals surface area contributed by atoms with Crippen molar-refractivity contribution in [2.45, 2.75) is 12.2 Å². The summed E-state index contributed by atoms with van der Waals surface area (Å²) >= 11 is 0. The van der Waals surface area contributed by atoms with E-state index in [0.29, 0.717) is 27.9 Å². The van der Waals surface area contributed by atoms with Crippen molar-refractivity contribution in [1.29, 1.82) is 0 Å². The molecule has 7 nitrogen and oxygen atoms in total. The number of halogens is 3. The minimum absolute atomic E-state index is 0.321. The van der Waals surface area contributed by atoms with Gasteiger partial charge in [0.1, 0.15) is 17.3 Å². The number of ether oxygens (including phenoxy) is 1. The number of nitrogens with one attached hydrogen (secondary N) is 2. The molecule has 0 saturated carbocycles. The summed E-state index contributed by atoms with van der Waals surface area (Å²) in [6.45, 7) is 0. The Bertz CT molecular complexity index is 1280. The van der Waals surface area contributed by atoms with Gasteiger partial charge in [-0.3, -0.25) is 15.0 Å². The first kappa shape index (κ1) is 22.0. The highest BCUT2D eigenvalue weighted by Crippen LogP contribution is 2.36. The number of amides is 2. The summed E-state index contributed by atoms with van der Waals surface area (Å²) in [6.07, 6.45) is 0.923. The van der Waals surface area contributed by atoms with Crippen LogP contribution in [-0.2, 0) is 6.18 Å². The number of nitrogens with zero attached hydrogens (tertiary/aromatic N) is 3. The van der Waals surface area contributed by atoms with Gasteiger partial charge in [-0.15, -0.1) is 0 Å². The fourth-order valence-electron chi connectivity index (χ4n) is 3.40. The number of methoxy groups -OCH3 is 1. The number of urea groups is 1. The number of benzene rings is 1. The second kappa shape index (κ2) is 9.11. The Hall–Kier alpha value is -4.21. The highest BCUT2D eigenvalue weighted by molar-refractivity contribution is 5.90. The number of rotatable bonds is 5. The van der Waals surface area contributed by atoms with Crippen molar-refractivity contribution < 1.29 is 22.7 Å². The topological polar surface area (TPSA) is 89.0 Å². The second-order valence-corrected chi connectivity index (χ2v) is 7.01. The third kappa shape index (κ3) is 4.84. The van der Waals surface area contributed by atoms with Crippen molar-refractivity contribution >= 4 is 22.6 Å². The predicted octanol–water partition coefficient (Wildman–Crippen LogP) is 4.96. The zero-order chi connectivity index (χ0) is 23.4. The summed E-state index contributed by atoms with van der Waals surface area (Å²) < 4.78 is 46.6. The molecule has 0 fully saturated rings. The number of pyridine rings is 3. The Labute approximate surface area is 186 Å². The average Bonchev–Trinajstić information content (AvgIpc) is 2.82. The fourth-order valence-corrected chi connectivity index (χ4v) is 3.40. The highest BCUT2D eigenvalue weighted by Gasteiger charge is 2.37. The van der Waals surface area contributed by atoms with Crippen molar-refractivity contribution in [3.05, 3.63) is 90.1 Å². The van der Waals surface area contributed by atoms with Gasteiger partial charge in [0.2, 0.25) is 0 Å². The lowest BCUT2D eigenvalue weighted by Crippen LogP contribution is -2.35. The minimum atomic E-state index is -4.67. The van der Waals surface area contributed by atoms with Crippen molar-refractivity contribution in [2.75, 3.05) is 12.4 Å². The third-order valence-electron chi connectivity index (χ3n) is 4.86. The maximum Gasteiger partial charge on any atom is 0.418 e. The molecule has 1 atom stereocenters. The van der Waals surface area contributed by atoms with Gasteiger partial charge in [0.25, 0.3) is 0 Å². The highest BCUT2D eigenvalue weighted by atomic mass is 19.4. The zero-order valence-electron chi connectivity index (χ0n) is 17.3. The van der Waals surface area contributed by atoms with E-state index in [9.17, 15) is 18.0 Å². The molecular formula is C23H18F3N5O2. The normalized spacial score (nSPS) is 12.2. The summed E-state index contributed by atoms with van der Waals surface area (Å²) in [4.78, 5) is 24.9. The number of anilines is 1. The van der Waals surface area contributed by atoms with Crippen LogP contribution in [0.4, 0.5) is 23.7 Å². The van der Waals surface area contributed by atoms with Crippen LogP contribution in [-0.4, -0.2) is 28.1 Å². The van der Waals surface area contributed by atoms with E-state index in [0.717, 1.165) is 6.07 Å². The number of hydrogen-bond donors (Lipinski definition) is 2. The standard InChI is InChI=1S/C23H18F3N5O2/c1-33-18-8-2-5-14-11-15(12-29-19(14)18)20(21-17(23(24,25)26)7-4-10-28-21)31-22(32)30-16-6-3-9-27-13-16/h2-13,20H,1H3,(H2,30,31,32). The molecule has 1 unspecified atom stereocenters. The smallest absolute Gasteiger partial charge is 0.418 e. The van der Waals surface area contributed by atoms with E-state index in [1.165, 1.54) is 38.0 Å². The summed E-state index contributed by atoms with van der Waals surface area (Å²) in [5.74, 6) is 0.520. The number of carbonyl (C=O) groups excluding carboxylic acids is 1. The molecule has 0 spiro atoms. The summed E-state index contributed by atoms with van der Waals surface area (Å²) in [6, 6.07) is 10.3. The Morgan fingerprint density at radius 3 is 2.58 bits per heavy atom. The van der Waals surface area contributed by atoms with Crippen LogP contribution in [0.5, 0.6) is 5.75 Å². The Morgan fingerprint density at radius 2 is 1.85 bits per heavy atom. The molecule has 0 aliphatic rings. The molecule has 4 aromatic rings. The number of carbonyl (C=O) groups is 1. The van der Waals surface area contributed by atoms with Crippen LogP contribution in [0.15, 0.2) is 73.3 Å². The minimum Gasteiger partial charge on any atom is -0.494 e. The van der Waals surface area contributed by atoms with Crippen LogP contribution in [0.3, 0.4) is 0 Å². The van der Waals surface area contributed by atoms with Gasteiger partial charge in [0, 0.05) is 24.0 Å². The first-order valence-corrected chi connectivity index (χ1v) is 9.79. The molecule has 10 heteroatoms. The molecule has 4 rings (SSSR count). The van der Waals surface area contributed by atoms with Gasteiger partial charge in [0.15, 0.2) is 0 Å². The van der Waals surface area contributed by atoms with E-state index in [-0.39, 0.29) is 5.69 Å². The van der Waals surface area contributed by atoms with Crippen LogP contribution < -0.4 is 15.4 Å². The number of para-hydroxylation sites is 1. The van der Waals surface area contributed by atoms with E-state index >= 15 is 0 Å². The molecule has 0 saturated heterocycles. The molecule has 0 radical (unpaired) electrons. The van der Waals surface area contributed by atoms with E-state index in [1.54, 1.807) is 36.4 Å². The predicted molar refractivity (Wildman–Crippen MR) is 116 cm³/mol. The van der Waals surface area contributed by atoms with Gasteiger partial charge < -0.3 is 15.4 Å². The molecule has 168 valence electrons. The van der Waals surface area contributed by atoms with Gasteiger partial charge >= 0.3 is 12.2 Å². The van der Waals surface area contributed by atoms with E-state index in [4.69, 9.17) is 4.74 Å². The van der Waals surface area contributed by atoms with Gasteiger partial charge in [-0.1, -0.05) is 12.1 Å². The number of fused-ring (bicyclic) bond motifs is 1. The van der Waals surface area contributed by atoms with Crippen LogP contribution in [0, 0.1) is 0 Å². The van der Waals surface area contributed by atoms with Crippen LogP contribution in [0.25, 0.3) is 10.9 Å². The third-order valence-corrected chi connectivity index (χ3v) is 4.86. The lowest BCUT2D eigenvalue weighted by atomic mass is 9.99. The van der Waals surface area contributed by atoms with Crippen molar-refractivity contribution in [2.24, 2.45) is 0 Å². The summed E-state index contributed by atoms with van der Waals surface area (Å²) in [5.41, 5.74) is -0.0642. The summed E-state index contributed by atoms with van der Waals surface area (Å²) in [7, 11) is 1.50.